The summed E-state index contributed by atoms with van der Waals surface area (Å²) >= 11 is 5.94. The normalized spacial score (nSPS) is 10.2. The summed E-state index contributed by atoms with van der Waals surface area (Å²) in [6.07, 6.45) is 0.0852. The second-order valence-corrected chi connectivity index (χ2v) is 6.90. The molecule has 0 bridgehead atoms. The van der Waals surface area contributed by atoms with E-state index in [1.807, 2.05) is 19.1 Å². The van der Waals surface area contributed by atoms with Gasteiger partial charge < -0.3 is 20.3 Å². The summed E-state index contributed by atoms with van der Waals surface area (Å²) in [7, 11) is 3.01. The highest BCUT2D eigenvalue weighted by molar-refractivity contribution is 6.31. The number of benzene rings is 2. The van der Waals surface area contributed by atoms with Crippen LogP contribution >= 0.6 is 11.6 Å². The highest BCUT2D eigenvalue weighted by Crippen LogP contribution is 2.27. The third kappa shape index (κ3) is 6.50. The van der Waals surface area contributed by atoms with Gasteiger partial charge in [0.05, 0.1) is 19.3 Å². The molecule has 0 saturated heterocycles. The maximum Gasteiger partial charge on any atom is 0.251 e. The molecule has 7 nitrogen and oxygen atoms in total. The van der Waals surface area contributed by atoms with Crippen LogP contribution in [0, 0.1) is 6.92 Å². The van der Waals surface area contributed by atoms with Gasteiger partial charge in [-0.25, -0.2) is 0 Å². The number of methoxy groups -OCH3 is 1. The number of anilines is 1. The summed E-state index contributed by atoms with van der Waals surface area (Å²) in [5.41, 5.74) is 1.86. The molecule has 0 aromatic heterocycles. The average Bonchev–Trinajstić information content (AvgIpc) is 2.68. The lowest BCUT2D eigenvalue weighted by molar-refractivity contribution is -0.133. The zero-order valence-electron chi connectivity index (χ0n) is 16.6. The fourth-order valence-electron chi connectivity index (χ4n) is 2.67. The number of nitrogens with zero attached hydrogens (tertiary/aromatic N) is 1. The van der Waals surface area contributed by atoms with Gasteiger partial charge in [0.25, 0.3) is 5.91 Å². The van der Waals surface area contributed by atoms with Crippen molar-refractivity contribution in [3.63, 3.8) is 0 Å². The van der Waals surface area contributed by atoms with E-state index in [1.54, 1.807) is 30.3 Å². The molecule has 8 heteroatoms. The Kier molecular flexibility index (Phi) is 8.03. The van der Waals surface area contributed by atoms with Gasteiger partial charge >= 0.3 is 0 Å². The van der Waals surface area contributed by atoms with Crippen LogP contribution in [-0.2, 0) is 9.59 Å². The molecule has 3 amide bonds. The SMILES string of the molecule is COc1ccc(Cl)cc1NC(=O)CN(C)C(=O)CCNC(=O)c1ccccc1C. The van der Waals surface area contributed by atoms with Gasteiger partial charge in [-0.05, 0) is 36.8 Å². The number of halogens is 1. The average molecular weight is 418 g/mol. The molecule has 2 aromatic carbocycles. The number of amides is 3. The molecule has 2 rings (SSSR count). The number of hydrogen-bond donors (Lipinski definition) is 2. The number of likely N-dealkylation sites (N-methyl/N-ethyl adjacent to an activating group) is 1. The van der Waals surface area contributed by atoms with Crippen molar-refractivity contribution in [1.82, 2.24) is 10.2 Å². The zero-order valence-corrected chi connectivity index (χ0v) is 17.4. The molecule has 2 aromatic rings. The Hall–Kier alpha value is -3.06. The molecule has 0 saturated carbocycles. The van der Waals surface area contributed by atoms with Crippen LogP contribution in [0.2, 0.25) is 5.02 Å². The lowest BCUT2D eigenvalue weighted by atomic mass is 10.1. The molecule has 0 aliphatic carbocycles. The molecular formula is C21H24ClN3O4. The van der Waals surface area contributed by atoms with E-state index in [0.717, 1.165) is 5.56 Å². The van der Waals surface area contributed by atoms with E-state index >= 15 is 0 Å². The smallest absolute Gasteiger partial charge is 0.251 e. The van der Waals surface area contributed by atoms with Crippen LogP contribution in [0.5, 0.6) is 5.75 Å². The van der Waals surface area contributed by atoms with E-state index in [2.05, 4.69) is 10.6 Å². The molecule has 2 N–H and O–H groups in total. The van der Waals surface area contributed by atoms with Gasteiger partial charge in [0.1, 0.15) is 5.75 Å². The molecule has 0 radical (unpaired) electrons. The second kappa shape index (κ2) is 10.5. The van der Waals surface area contributed by atoms with Gasteiger partial charge in [0.2, 0.25) is 11.8 Å². The summed E-state index contributed by atoms with van der Waals surface area (Å²) in [5, 5.41) is 5.85. The van der Waals surface area contributed by atoms with Crippen molar-refractivity contribution >= 4 is 35.0 Å². The number of nitrogens with one attached hydrogen (secondary N) is 2. The Bertz CT molecular complexity index is 901. The lowest BCUT2D eigenvalue weighted by Crippen LogP contribution is -2.37. The highest BCUT2D eigenvalue weighted by atomic mass is 35.5. The molecule has 0 spiro atoms. The largest absolute Gasteiger partial charge is 0.495 e. The monoisotopic (exact) mass is 417 g/mol. The quantitative estimate of drug-likeness (QED) is 0.691. The maximum atomic E-state index is 12.2. The van der Waals surface area contributed by atoms with Crippen LogP contribution in [-0.4, -0.2) is 49.9 Å². The van der Waals surface area contributed by atoms with Crippen LogP contribution in [0.25, 0.3) is 0 Å². The van der Waals surface area contributed by atoms with Gasteiger partial charge in [0.15, 0.2) is 0 Å². The van der Waals surface area contributed by atoms with Gasteiger partial charge in [-0.15, -0.1) is 0 Å². The molecule has 0 atom stereocenters. The van der Waals surface area contributed by atoms with E-state index in [4.69, 9.17) is 16.3 Å². The Balaban J connectivity index is 1.81. The molecule has 0 unspecified atom stereocenters. The van der Waals surface area contributed by atoms with E-state index < -0.39 is 0 Å². The van der Waals surface area contributed by atoms with Crippen LogP contribution in [0.4, 0.5) is 5.69 Å². The number of hydrogen-bond acceptors (Lipinski definition) is 4. The maximum absolute atomic E-state index is 12.2. The predicted molar refractivity (Wildman–Crippen MR) is 112 cm³/mol. The van der Waals surface area contributed by atoms with Gasteiger partial charge in [-0.3, -0.25) is 14.4 Å². The number of ether oxygens (including phenoxy) is 1. The summed E-state index contributed by atoms with van der Waals surface area (Å²) in [6.45, 7) is 1.89. The lowest BCUT2D eigenvalue weighted by Gasteiger charge is -2.18. The second-order valence-electron chi connectivity index (χ2n) is 6.46. The third-order valence-electron chi connectivity index (χ3n) is 4.26. The minimum Gasteiger partial charge on any atom is -0.495 e. The first-order valence-corrected chi connectivity index (χ1v) is 9.40. The zero-order chi connectivity index (χ0) is 21.4. The van der Waals surface area contributed by atoms with Crippen LogP contribution in [0.1, 0.15) is 22.3 Å². The van der Waals surface area contributed by atoms with Crippen molar-refractivity contribution in [1.29, 1.82) is 0 Å². The summed E-state index contributed by atoms with van der Waals surface area (Å²) in [4.78, 5) is 37.9. The molecule has 0 aliphatic rings. The Labute approximate surface area is 175 Å². The van der Waals surface area contributed by atoms with Gasteiger partial charge in [-0.2, -0.15) is 0 Å². The summed E-state index contributed by atoms with van der Waals surface area (Å²) in [6, 6.07) is 12.1. The van der Waals surface area contributed by atoms with Gasteiger partial charge in [0, 0.05) is 30.6 Å². The molecule has 0 aliphatic heterocycles. The minimum absolute atomic E-state index is 0.0852. The molecular weight excluding hydrogens is 394 g/mol. The van der Waals surface area contributed by atoms with Crippen LogP contribution < -0.4 is 15.4 Å². The number of carbonyl (C=O) groups excluding carboxylic acids is 3. The van der Waals surface area contributed by atoms with Crippen molar-refractivity contribution < 1.29 is 19.1 Å². The van der Waals surface area contributed by atoms with Crippen molar-refractivity contribution in [3.05, 3.63) is 58.6 Å². The fourth-order valence-corrected chi connectivity index (χ4v) is 2.84. The minimum atomic E-state index is -0.384. The molecule has 154 valence electrons. The van der Waals surface area contributed by atoms with Crippen LogP contribution in [0.15, 0.2) is 42.5 Å². The third-order valence-corrected chi connectivity index (χ3v) is 4.49. The van der Waals surface area contributed by atoms with E-state index in [-0.39, 0.29) is 37.2 Å². The van der Waals surface area contributed by atoms with E-state index in [9.17, 15) is 14.4 Å². The van der Waals surface area contributed by atoms with Crippen molar-refractivity contribution in [2.24, 2.45) is 0 Å². The first-order valence-electron chi connectivity index (χ1n) is 9.03. The van der Waals surface area contributed by atoms with Crippen molar-refractivity contribution in [2.45, 2.75) is 13.3 Å². The van der Waals surface area contributed by atoms with E-state index in [1.165, 1.54) is 19.1 Å². The number of rotatable bonds is 8. The number of aryl methyl sites for hydroxylation is 1. The molecule has 0 heterocycles. The fraction of sp³-hybridized carbons (Fsp3) is 0.286. The Morgan fingerprint density at radius 2 is 1.86 bits per heavy atom. The predicted octanol–water partition coefficient (Wildman–Crippen LogP) is 2.87. The van der Waals surface area contributed by atoms with E-state index in [0.29, 0.717) is 22.0 Å². The standard InChI is InChI=1S/C21H24ClN3O4/c1-14-6-4-5-7-16(14)21(28)23-11-10-20(27)25(2)13-19(26)24-17-12-15(22)8-9-18(17)29-3/h4-9,12H,10-11,13H2,1-3H3,(H,23,28)(H,24,26). The number of carbonyl (C=O) groups is 3. The molecule has 0 fully saturated rings. The Morgan fingerprint density at radius 1 is 1.14 bits per heavy atom. The first-order chi connectivity index (χ1) is 13.8. The highest BCUT2D eigenvalue weighted by Gasteiger charge is 2.15. The Morgan fingerprint density at radius 3 is 2.55 bits per heavy atom. The summed E-state index contributed by atoms with van der Waals surface area (Å²) < 4.78 is 5.18. The van der Waals surface area contributed by atoms with Gasteiger partial charge in [-0.1, -0.05) is 29.8 Å². The van der Waals surface area contributed by atoms with Crippen molar-refractivity contribution in [3.8, 4) is 5.75 Å². The topological polar surface area (TPSA) is 87.7 Å². The van der Waals surface area contributed by atoms with Crippen molar-refractivity contribution in [2.75, 3.05) is 32.6 Å². The molecule has 29 heavy (non-hydrogen) atoms. The summed E-state index contributed by atoms with van der Waals surface area (Å²) in [5.74, 6) is -0.409. The van der Waals surface area contributed by atoms with Crippen LogP contribution in [0.3, 0.4) is 0 Å². The first kappa shape index (κ1) is 22.2.